The molecule has 0 spiro atoms. The number of hydrogen-bond donors (Lipinski definition) is 1. The number of benzene rings is 1. The van der Waals surface area contributed by atoms with E-state index in [-0.39, 0.29) is 12.4 Å². The third kappa shape index (κ3) is 2.59. The third-order valence-electron chi connectivity index (χ3n) is 7.32. The molecule has 0 saturated heterocycles. The monoisotopic (exact) mass is 415 g/mol. The summed E-state index contributed by atoms with van der Waals surface area (Å²) in [6, 6.07) is 6.04. The summed E-state index contributed by atoms with van der Waals surface area (Å²) in [5.41, 5.74) is 10.8. The molecule has 4 nitrogen and oxygen atoms in total. The molecule has 2 N–H and O–H groups in total. The number of nitrogen functional groups attached to an aromatic ring is 1. The zero-order valence-corrected chi connectivity index (χ0v) is 17.7. The molecule has 148 valence electrons. The minimum Gasteiger partial charge on any atom is -0.495 e. The molecule has 0 radical (unpaired) electrons. The molecule has 0 unspecified atom stereocenters. The lowest BCUT2D eigenvalue weighted by Gasteiger charge is -2.56. The number of methoxy groups -OCH3 is 1. The third-order valence-corrected chi connectivity index (χ3v) is 8.16. The van der Waals surface area contributed by atoms with Gasteiger partial charge in [-0.25, -0.2) is 4.98 Å². The molecule has 3 aromatic rings. The summed E-state index contributed by atoms with van der Waals surface area (Å²) in [5.74, 6) is 3.55. The Bertz CT molecular complexity index is 1000. The highest BCUT2D eigenvalue weighted by molar-refractivity contribution is 7.15. The van der Waals surface area contributed by atoms with Crippen LogP contribution in [0, 0.1) is 17.8 Å². The Hall–Kier alpha value is -1.72. The standard InChI is InChI=1S/C22H25N3OS.ClH/c1-26-19-3-2-16(7-17(19)23)18-12-27-21-24-20(11-25(18)21)22-8-13-4-14(9-22)6-15(5-13)10-22;/h2-3,7,11-15H,4-6,8-10,23H2,1H3;1H. The summed E-state index contributed by atoms with van der Waals surface area (Å²) in [4.78, 5) is 6.23. The molecular formula is C22H26ClN3OS. The zero-order valence-electron chi connectivity index (χ0n) is 16.1. The summed E-state index contributed by atoms with van der Waals surface area (Å²) in [6.07, 6.45) is 10.8. The number of thiazole rings is 1. The molecule has 4 aliphatic rings. The number of nitrogens with zero attached hydrogens (tertiary/aromatic N) is 2. The number of nitrogens with two attached hydrogens (primary N) is 1. The van der Waals surface area contributed by atoms with Crippen molar-refractivity contribution in [3.05, 3.63) is 35.5 Å². The van der Waals surface area contributed by atoms with Gasteiger partial charge in [0.15, 0.2) is 4.96 Å². The van der Waals surface area contributed by atoms with Crippen LogP contribution >= 0.6 is 23.7 Å². The van der Waals surface area contributed by atoms with Gasteiger partial charge in [0.1, 0.15) is 5.75 Å². The molecule has 4 saturated carbocycles. The number of ether oxygens (including phenoxy) is 1. The summed E-state index contributed by atoms with van der Waals surface area (Å²) in [6.45, 7) is 0. The van der Waals surface area contributed by atoms with Crippen LogP contribution in [0.4, 0.5) is 5.69 Å². The number of aromatic nitrogens is 2. The van der Waals surface area contributed by atoms with Crippen molar-refractivity contribution in [3.8, 4) is 17.0 Å². The Morgan fingerprint density at radius 1 is 1.14 bits per heavy atom. The number of fused-ring (bicyclic) bond motifs is 1. The highest BCUT2D eigenvalue weighted by Gasteiger charge is 2.52. The van der Waals surface area contributed by atoms with E-state index < -0.39 is 0 Å². The summed E-state index contributed by atoms with van der Waals surface area (Å²) < 4.78 is 7.58. The van der Waals surface area contributed by atoms with Gasteiger partial charge in [0.05, 0.1) is 24.2 Å². The fraction of sp³-hybridized carbons (Fsp3) is 0.500. The predicted octanol–water partition coefficient (Wildman–Crippen LogP) is 5.54. The maximum Gasteiger partial charge on any atom is 0.194 e. The first-order chi connectivity index (χ1) is 13.1. The average molecular weight is 416 g/mol. The summed E-state index contributed by atoms with van der Waals surface area (Å²) >= 11 is 1.73. The number of anilines is 1. The fourth-order valence-corrected chi connectivity index (χ4v) is 7.45. The molecule has 2 heterocycles. The van der Waals surface area contributed by atoms with E-state index >= 15 is 0 Å². The maximum absolute atomic E-state index is 6.14. The van der Waals surface area contributed by atoms with Crippen molar-refractivity contribution in [2.24, 2.45) is 17.8 Å². The van der Waals surface area contributed by atoms with E-state index in [2.05, 4.69) is 22.0 Å². The van der Waals surface area contributed by atoms with Gasteiger partial charge in [0, 0.05) is 22.6 Å². The Morgan fingerprint density at radius 3 is 2.43 bits per heavy atom. The fourth-order valence-electron chi connectivity index (χ4n) is 6.56. The van der Waals surface area contributed by atoms with Gasteiger partial charge >= 0.3 is 0 Å². The van der Waals surface area contributed by atoms with E-state index in [1.54, 1.807) is 18.4 Å². The SMILES string of the molecule is COc1ccc(-c2csc3nc(C45CC6CC(CC(C6)C4)C5)cn23)cc1N.Cl. The lowest BCUT2D eigenvalue weighted by atomic mass is 9.49. The van der Waals surface area contributed by atoms with Crippen LogP contribution in [-0.4, -0.2) is 16.5 Å². The van der Waals surface area contributed by atoms with E-state index in [1.165, 1.54) is 49.9 Å². The van der Waals surface area contributed by atoms with Crippen molar-refractivity contribution in [1.82, 2.24) is 9.38 Å². The smallest absolute Gasteiger partial charge is 0.194 e. The van der Waals surface area contributed by atoms with Gasteiger partial charge in [-0.1, -0.05) is 0 Å². The Balaban J connectivity index is 0.00000171. The maximum atomic E-state index is 6.14. The van der Waals surface area contributed by atoms with Gasteiger partial charge in [-0.05, 0) is 74.5 Å². The molecule has 0 atom stereocenters. The van der Waals surface area contributed by atoms with E-state index in [9.17, 15) is 0 Å². The first-order valence-corrected chi connectivity index (χ1v) is 10.9. The van der Waals surface area contributed by atoms with Gasteiger partial charge in [0.25, 0.3) is 0 Å². The average Bonchev–Trinajstić information content (AvgIpc) is 3.21. The molecule has 4 fully saturated rings. The van der Waals surface area contributed by atoms with Gasteiger partial charge in [-0.3, -0.25) is 4.40 Å². The van der Waals surface area contributed by atoms with Crippen molar-refractivity contribution in [2.45, 2.75) is 43.9 Å². The lowest BCUT2D eigenvalue weighted by Crippen LogP contribution is -2.48. The van der Waals surface area contributed by atoms with E-state index in [1.807, 2.05) is 12.1 Å². The van der Waals surface area contributed by atoms with Crippen molar-refractivity contribution in [3.63, 3.8) is 0 Å². The number of halogens is 1. The second-order valence-electron chi connectivity index (χ2n) is 9.05. The van der Waals surface area contributed by atoms with Crippen LogP contribution in [0.25, 0.3) is 16.2 Å². The van der Waals surface area contributed by atoms with E-state index in [4.69, 9.17) is 15.5 Å². The normalized spacial score (nSPS) is 30.5. The number of hydrogen-bond acceptors (Lipinski definition) is 4. The number of imidazole rings is 1. The second kappa shape index (κ2) is 6.39. The molecule has 6 heteroatoms. The molecule has 0 aliphatic heterocycles. The summed E-state index contributed by atoms with van der Waals surface area (Å²) in [5, 5.41) is 2.19. The van der Waals surface area contributed by atoms with E-state index in [0.717, 1.165) is 34.0 Å². The van der Waals surface area contributed by atoms with Gasteiger partial charge < -0.3 is 10.5 Å². The molecule has 4 bridgehead atoms. The largest absolute Gasteiger partial charge is 0.495 e. The molecular weight excluding hydrogens is 390 g/mol. The van der Waals surface area contributed by atoms with Crippen LogP contribution < -0.4 is 10.5 Å². The van der Waals surface area contributed by atoms with E-state index in [0.29, 0.717) is 11.1 Å². The summed E-state index contributed by atoms with van der Waals surface area (Å²) in [7, 11) is 1.65. The molecule has 4 aliphatic carbocycles. The molecule has 0 amide bonds. The number of rotatable bonds is 3. The van der Waals surface area contributed by atoms with Crippen molar-refractivity contribution < 1.29 is 4.74 Å². The van der Waals surface area contributed by atoms with Crippen molar-refractivity contribution in [1.29, 1.82) is 0 Å². The second-order valence-corrected chi connectivity index (χ2v) is 9.89. The van der Waals surface area contributed by atoms with Crippen molar-refractivity contribution >= 4 is 34.4 Å². The van der Waals surface area contributed by atoms with Crippen LogP contribution in [0.2, 0.25) is 0 Å². The van der Waals surface area contributed by atoms with Crippen molar-refractivity contribution in [2.75, 3.05) is 12.8 Å². The highest BCUT2D eigenvalue weighted by atomic mass is 35.5. The minimum absolute atomic E-state index is 0. The lowest BCUT2D eigenvalue weighted by molar-refractivity contribution is -0.00696. The minimum atomic E-state index is 0. The van der Waals surface area contributed by atoms with Gasteiger partial charge in [-0.2, -0.15) is 0 Å². The van der Waals surface area contributed by atoms with Crippen LogP contribution in [0.5, 0.6) is 5.75 Å². The van der Waals surface area contributed by atoms with Crippen LogP contribution in [-0.2, 0) is 5.41 Å². The van der Waals surface area contributed by atoms with Gasteiger partial charge in [0.2, 0.25) is 0 Å². The van der Waals surface area contributed by atoms with Crippen LogP contribution in [0.1, 0.15) is 44.2 Å². The first kappa shape index (κ1) is 18.3. The highest BCUT2D eigenvalue weighted by Crippen LogP contribution is 2.60. The van der Waals surface area contributed by atoms with Gasteiger partial charge in [-0.15, -0.1) is 23.7 Å². The predicted molar refractivity (Wildman–Crippen MR) is 117 cm³/mol. The Morgan fingerprint density at radius 2 is 1.82 bits per heavy atom. The Labute approximate surface area is 175 Å². The van der Waals surface area contributed by atoms with Crippen LogP contribution in [0.3, 0.4) is 0 Å². The Kier molecular flexibility index (Phi) is 4.18. The quantitative estimate of drug-likeness (QED) is 0.571. The zero-order chi connectivity index (χ0) is 18.2. The molecule has 2 aromatic heterocycles. The first-order valence-electron chi connectivity index (χ1n) is 10.0. The molecule has 28 heavy (non-hydrogen) atoms. The molecule has 1 aromatic carbocycles. The van der Waals surface area contributed by atoms with Crippen LogP contribution in [0.15, 0.2) is 29.8 Å². The topological polar surface area (TPSA) is 52.5 Å². The molecule has 7 rings (SSSR count).